The maximum absolute atomic E-state index is 9.71. The molecule has 1 aliphatic rings. The monoisotopic (exact) mass is 162 g/mol. The van der Waals surface area contributed by atoms with Crippen LogP contribution in [0.2, 0.25) is 0 Å². The lowest BCUT2D eigenvalue weighted by Crippen LogP contribution is -2.11. The molecule has 0 aromatic heterocycles. The molecular formula is C11H14O. The molecule has 1 N–H and O–H groups in total. The third-order valence-corrected chi connectivity index (χ3v) is 2.79. The minimum Gasteiger partial charge on any atom is -0.392 e. The summed E-state index contributed by atoms with van der Waals surface area (Å²) in [6.45, 7) is 2.13. The molecule has 0 spiro atoms. The second-order valence-electron chi connectivity index (χ2n) is 3.49. The Morgan fingerprint density at radius 2 is 2.17 bits per heavy atom. The number of aliphatic hydroxyl groups excluding tert-OH is 1. The maximum atomic E-state index is 9.71. The van der Waals surface area contributed by atoms with Crippen molar-refractivity contribution in [2.24, 2.45) is 0 Å². The van der Waals surface area contributed by atoms with Crippen LogP contribution in [0.3, 0.4) is 0 Å². The molecule has 0 fully saturated rings. The normalized spacial score (nSPS) is 27.2. The van der Waals surface area contributed by atoms with Gasteiger partial charge in [0.15, 0.2) is 0 Å². The third kappa shape index (κ3) is 1.05. The van der Waals surface area contributed by atoms with Gasteiger partial charge in [-0.2, -0.15) is 0 Å². The van der Waals surface area contributed by atoms with Gasteiger partial charge in [-0.3, -0.25) is 0 Å². The van der Waals surface area contributed by atoms with Gasteiger partial charge in [-0.05, 0) is 24.0 Å². The first-order valence-corrected chi connectivity index (χ1v) is 4.58. The van der Waals surface area contributed by atoms with Gasteiger partial charge in [-0.1, -0.05) is 31.2 Å². The molecule has 2 rings (SSSR count). The summed E-state index contributed by atoms with van der Waals surface area (Å²) in [4.78, 5) is 0. The molecule has 1 nitrogen and oxygen atoms in total. The van der Waals surface area contributed by atoms with Crippen LogP contribution in [0.1, 0.15) is 30.4 Å². The van der Waals surface area contributed by atoms with Crippen molar-refractivity contribution in [1.82, 2.24) is 0 Å². The average molecular weight is 162 g/mol. The van der Waals surface area contributed by atoms with Crippen LogP contribution < -0.4 is 0 Å². The molecule has 0 saturated heterocycles. The first-order valence-electron chi connectivity index (χ1n) is 4.58. The van der Waals surface area contributed by atoms with E-state index < -0.39 is 0 Å². The standard InChI is InChI=1S/C11H14O/c1-2-9-10-6-4-3-5-8(10)7-11(9)12/h3-6,9,11-12H,2,7H2,1H3/t9-,11?/m1/s1. The smallest absolute Gasteiger partial charge is 0.0649 e. The number of fused-ring (bicyclic) bond motifs is 1. The molecule has 0 radical (unpaired) electrons. The summed E-state index contributed by atoms with van der Waals surface area (Å²) in [6.07, 6.45) is 1.74. The van der Waals surface area contributed by atoms with Crippen molar-refractivity contribution in [2.45, 2.75) is 31.8 Å². The van der Waals surface area contributed by atoms with E-state index in [2.05, 4.69) is 25.1 Å². The SMILES string of the molecule is CC[C@@H]1c2ccccc2CC1O. The molecule has 1 aromatic carbocycles. The molecule has 12 heavy (non-hydrogen) atoms. The number of hydrogen-bond donors (Lipinski definition) is 1. The van der Waals surface area contributed by atoms with Gasteiger partial charge in [0.2, 0.25) is 0 Å². The van der Waals surface area contributed by atoms with Crippen LogP contribution in [-0.4, -0.2) is 11.2 Å². The van der Waals surface area contributed by atoms with E-state index in [4.69, 9.17) is 0 Å². The second-order valence-corrected chi connectivity index (χ2v) is 3.49. The minimum absolute atomic E-state index is 0.146. The van der Waals surface area contributed by atoms with Gasteiger partial charge < -0.3 is 5.11 Å². The van der Waals surface area contributed by atoms with Gasteiger partial charge in [0, 0.05) is 5.92 Å². The summed E-state index contributed by atoms with van der Waals surface area (Å²) in [6, 6.07) is 8.36. The van der Waals surface area contributed by atoms with Crippen molar-refractivity contribution >= 4 is 0 Å². The predicted octanol–water partition coefficient (Wildman–Crippen LogP) is 2.10. The Morgan fingerprint density at radius 1 is 1.42 bits per heavy atom. The van der Waals surface area contributed by atoms with E-state index in [9.17, 15) is 5.11 Å². The molecule has 2 atom stereocenters. The van der Waals surface area contributed by atoms with Crippen molar-refractivity contribution in [3.8, 4) is 0 Å². The quantitative estimate of drug-likeness (QED) is 0.670. The van der Waals surface area contributed by atoms with Gasteiger partial charge in [0.25, 0.3) is 0 Å². The Labute approximate surface area is 73.0 Å². The molecule has 1 aliphatic carbocycles. The lowest BCUT2D eigenvalue weighted by atomic mass is 9.97. The average Bonchev–Trinajstić information content (AvgIpc) is 2.40. The van der Waals surface area contributed by atoms with E-state index in [0.29, 0.717) is 5.92 Å². The van der Waals surface area contributed by atoms with Gasteiger partial charge in [0.05, 0.1) is 6.10 Å². The molecule has 0 amide bonds. The van der Waals surface area contributed by atoms with Crippen molar-refractivity contribution in [3.63, 3.8) is 0 Å². The lowest BCUT2D eigenvalue weighted by molar-refractivity contribution is 0.154. The van der Waals surface area contributed by atoms with E-state index in [-0.39, 0.29) is 6.10 Å². The zero-order chi connectivity index (χ0) is 8.55. The Bertz CT molecular complexity index is 280. The summed E-state index contributed by atoms with van der Waals surface area (Å²) in [5, 5.41) is 9.71. The first-order chi connectivity index (χ1) is 5.83. The molecule has 1 heteroatoms. The largest absolute Gasteiger partial charge is 0.392 e. The highest BCUT2D eigenvalue weighted by atomic mass is 16.3. The van der Waals surface area contributed by atoms with Crippen LogP contribution in [0.5, 0.6) is 0 Å². The highest BCUT2D eigenvalue weighted by Gasteiger charge is 2.28. The fourth-order valence-corrected chi connectivity index (χ4v) is 2.15. The van der Waals surface area contributed by atoms with E-state index in [0.717, 1.165) is 12.8 Å². The maximum Gasteiger partial charge on any atom is 0.0649 e. The number of aliphatic hydroxyl groups is 1. The highest BCUT2D eigenvalue weighted by molar-refractivity contribution is 5.36. The van der Waals surface area contributed by atoms with Crippen LogP contribution in [0, 0.1) is 0 Å². The van der Waals surface area contributed by atoms with Crippen molar-refractivity contribution in [2.75, 3.05) is 0 Å². The molecule has 1 unspecified atom stereocenters. The predicted molar refractivity (Wildman–Crippen MR) is 49.2 cm³/mol. The van der Waals surface area contributed by atoms with Gasteiger partial charge >= 0.3 is 0 Å². The lowest BCUT2D eigenvalue weighted by Gasteiger charge is -2.12. The Balaban J connectivity index is 2.40. The zero-order valence-corrected chi connectivity index (χ0v) is 7.33. The van der Waals surface area contributed by atoms with Gasteiger partial charge in [-0.25, -0.2) is 0 Å². The highest BCUT2D eigenvalue weighted by Crippen LogP contribution is 2.34. The van der Waals surface area contributed by atoms with Crippen LogP contribution in [-0.2, 0) is 6.42 Å². The molecule has 64 valence electrons. The molecule has 0 heterocycles. The van der Waals surface area contributed by atoms with Crippen LogP contribution in [0.15, 0.2) is 24.3 Å². The topological polar surface area (TPSA) is 20.2 Å². The van der Waals surface area contributed by atoms with E-state index in [1.54, 1.807) is 0 Å². The second kappa shape index (κ2) is 2.91. The number of rotatable bonds is 1. The number of hydrogen-bond acceptors (Lipinski definition) is 1. The zero-order valence-electron chi connectivity index (χ0n) is 7.33. The van der Waals surface area contributed by atoms with Crippen LogP contribution >= 0.6 is 0 Å². The summed E-state index contributed by atoms with van der Waals surface area (Å²) >= 11 is 0. The summed E-state index contributed by atoms with van der Waals surface area (Å²) < 4.78 is 0. The van der Waals surface area contributed by atoms with E-state index in [1.165, 1.54) is 11.1 Å². The van der Waals surface area contributed by atoms with Crippen LogP contribution in [0.4, 0.5) is 0 Å². The van der Waals surface area contributed by atoms with Crippen molar-refractivity contribution in [1.29, 1.82) is 0 Å². The van der Waals surface area contributed by atoms with Crippen molar-refractivity contribution in [3.05, 3.63) is 35.4 Å². The summed E-state index contributed by atoms with van der Waals surface area (Å²) in [5.41, 5.74) is 2.68. The Kier molecular flexibility index (Phi) is 1.89. The molecular weight excluding hydrogens is 148 g/mol. The molecule has 0 bridgehead atoms. The van der Waals surface area contributed by atoms with Crippen LogP contribution in [0.25, 0.3) is 0 Å². The Morgan fingerprint density at radius 3 is 2.92 bits per heavy atom. The molecule has 0 aliphatic heterocycles. The fourth-order valence-electron chi connectivity index (χ4n) is 2.15. The van der Waals surface area contributed by atoms with Gasteiger partial charge in [-0.15, -0.1) is 0 Å². The fraction of sp³-hybridized carbons (Fsp3) is 0.455. The van der Waals surface area contributed by atoms with Crippen molar-refractivity contribution < 1.29 is 5.11 Å². The minimum atomic E-state index is -0.146. The third-order valence-electron chi connectivity index (χ3n) is 2.79. The first kappa shape index (κ1) is 7.81. The van der Waals surface area contributed by atoms with Gasteiger partial charge in [0.1, 0.15) is 0 Å². The molecule has 0 saturated carbocycles. The molecule has 1 aromatic rings. The van der Waals surface area contributed by atoms with E-state index >= 15 is 0 Å². The summed E-state index contributed by atoms with van der Waals surface area (Å²) in [5.74, 6) is 0.376. The summed E-state index contributed by atoms with van der Waals surface area (Å²) in [7, 11) is 0. The van der Waals surface area contributed by atoms with E-state index in [1.807, 2.05) is 6.07 Å². The number of benzene rings is 1. The Hall–Kier alpha value is -0.820.